The van der Waals surface area contributed by atoms with Gasteiger partial charge in [0.25, 0.3) is 0 Å². The van der Waals surface area contributed by atoms with E-state index in [1.54, 1.807) is 17.4 Å². The third-order valence-corrected chi connectivity index (χ3v) is 10.5. The van der Waals surface area contributed by atoms with Crippen molar-refractivity contribution in [2.24, 2.45) is 0 Å². The number of para-hydroxylation sites is 2. The second-order valence-corrected chi connectivity index (χ2v) is 12.9. The van der Waals surface area contributed by atoms with Crippen molar-refractivity contribution in [3.05, 3.63) is 150 Å². The van der Waals surface area contributed by atoms with Crippen LogP contribution in [-0.2, 0) is 0 Å². The molecule has 5 heteroatoms. The van der Waals surface area contributed by atoms with Gasteiger partial charge in [-0.2, -0.15) is 10.5 Å². The van der Waals surface area contributed by atoms with Gasteiger partial charge < -0.3 is 9.13 Å². The first-order valence-electron chi connectivity index (χ1n) is 15.6. The molecule has 0 aliphatic rings. The van der Waals surface area contributed by atoms with Crippen LogP contribution in [0.25, 0.3) is 81.2 Å². The first kappa shape index (κ1) is 27.7. The molecule has 0 saturated heterocycles. The maximum Gasteiger partial charge on any atom is 0.106 e. The van der Waals surface area contributed by atoms with Crippen LogP contribution >= 0.6 is 11.3 Å². The fourth-order valence-electron chi connectivity index (χ4n) is 7.33. The van der Waals surface area contributed by atoms with Crippen LogP contribution in [-0.4, -0.2) is 9.13 Å². The summed E-state index contributed by atoms with van der Waals surface area (Å²) in [6.45, 7) is 5.89. The fraction of sp³-hybridized carbons (Fsp3) is 0.0233. The molecule has 0 N–H and O–H groups in total. The van der Waals surface area contributed by atoms with E-state index in [-0.39, 0.29) is 0 Å². The molecule has 0 unspecified atom stereocenters. The number of nitrogens with zero attached hydrogens (tertiary/aromatic N) is 4. The van der Waals surface area contributed by atoms with E-state index in [9.17, 15) is 10.5 Å². The van der Waals surface area contributed by atoms with Crippen molar-refractivity contribution in [2.75, 3.05) is 0 Å². The van der Waals surface area contributed by atoms with Crippen LogP contribution in [0.4, 0.5) is 0 Å². The van der Waals surface area contributed by atoms with Gasteiger partial charge in [0.05, 0.1) is 39.1 Å². The molecular formula is C43H24N4S. The molecule has 0 radical (unpaired) electrons. The lowest BCUT2D eigenvalue weighted by molar-refractivity contribution is 1.12. The Bertz CT molecular complexity index is 2950. The first-order chi connectivity index (χ1) is 23.6. The van der Waals surface area contributed by atoms with Crippen LogP contribution in [0.1, 0.15) is 22.3 Å². The van der Waals surface area contributed by atoms with Gasteiger partial charge in [-0.3, -0.25) is 0 Å². The van der Waals surface area contributed by atoms with Crippen molar-refractivity contribution in [2.45, 2.75) is 6.92 Å². The lowest BCUT2D eigenvalue weighted by Gasteiger charge is -2.15. The fourth-order valence-corrected chi connectivity index (χ4v) is 8.45. The molecule has 0 bridgehead atoms. The Balaban J connectivity index is 1.37. The third-order valence-electron chi connectivity index (χ3n) is 9.38. The molecule has 0 amide bonds. The zero-order valence-corrected chi connectivity index (χ0v) is 26.7. The van der Waals surface area contributed by atoms with E-state index in [1.165, 1.54) is 20.2 Å². The number of hydrogen-bond acceptors (Lipinski definition) is 3. The van der Waals surface area contributed by atoms with E-state index in [4.69, 9.17) is 0 Å². The van der Waals surface area contributed by atoms with Gasteiger partial charge in [-0.25, -0.2) is 0 Å². The van der Waals surface area contributed by atoms with Crippen LogP contribution in [0.2, 0.25) is 0 Å². The minimum absolute atomic E-state index is 0.460. The van der Waals surface area contributed by atoms with E-state index in [0.717, 1.165) is 54.7 Å². The summed E-state index contributed by atoms with van der Waals surface area (Å²) >= 11 is 1.79. The van der Waals surface area contributed by atoms with E-state index in [2.05, 4.69) is 103 Å². The predicted molar refractivity (Wildman–Crippen MR) is 199 cm³/mol. The summed E-state index contributed by atoms with van der Waals surface area (Å²) in [6.07, 6.45) is 5.61. The lowest BCUT2D eigenvalue weighted by Crippen LogP contribution is -2.04. The van der Waals surface area contributed by atoms with Crippen molar-refractivity contribution in [1.82, 2.24) is 9.13 Å². The summed E-state index contributed by atoms with van der Waals surface area (Å²) in [6, 6.07) is 44.7. The van der Waals surface area contributed by atoms with Gasteiger partial charge in [0.2, 0.25) is 0 Å². The molecule has 9 aromatic rings. The van der Waals surface area contributed by atoms with Crippen LogP contribution in [0.5, 0.6) is 0 Å². The first-order valence-corrected chi connectivity index (χ1v) is 16.4. The second-order valence-electron chi connectivity index (χ2n) is 11.9. The molecule has 48 heavy (non-hydrogen) atoms. The number of thiophene rings is 1. The maximum atomic E-state index is 10.7. The Morgan fingerprint density at radius 1 is 0.667 bits per heavy atom. The highest BCUT2D eigenvalue weighted by Crippen LogP contribution is 2.44. The van der Waals surface area contributed by atoms with Crippen LogP contribution in [0.15, 0.2) is 116 Å². The number of aryl methyl sites for hydroxylation is 1. The van der Waals surface area contributed by atoms with Crippen molar-refractivity contribution in [1.29, 1.82) is 10.5 Å². The summed E-state index contributed by atoms with van der Waals surface area (Å²) in [5.74, 6) is 0. The van der Waals surface area contributed by atoms with Crippen molar-refractivity contribution >= 4 is 81.2 Å². The molecular weight excluding hydrogens is 605 g/mol. The van der Waals surface area contributed by atoms with Gasteiger partial charge in [0.1, 0.15) is 17.7 Å². The summed E-state index contributed by atoms with van der Waals surface area (Å²) in [7, 11) is 0. The minimum Gasteiger partial charge on any atom is -0.308 e. The largest absolute Gasteiger partial charge is 0.308 e. The second kappa shape index (κ2) is 10.5. The number of nitriles is 2. The molecule has 3 heterocycles. The van der Waals surface area contributed by atoms with Gasteiger partial charge in [-0.15, -0.1) is 11.3 Å². The molecule has 0 aliphatic heterocycles. The molecule has 0 saturated carbocycles. The molecule has 3 aromatic heterocycles. The zero-order chi connectivity index (χ0) is 32.5. The highest BCUT2D eigenvalue weighted by Gasteiger charge is 2.23. The van der Waals surface area contributed by atoms with Crippen LogP contribution < -0.4 is 0 Å². The quantitative estimate of drug-likeness (QED) is 0.182. The van der Waals surface area contributed by atoms with E-state index in [0.29, 0.717) is 22.5 Å². The molecule has 0 fully saturated rings. The average Bonchev–Trinajstić information content (AvgIpc) is 3.78. The normalized spacial score (nSPS) is 11.6. The summed E-state index contributed by atoms with van der Waals surface area (Å²) in [4.78, 5) is 0. The number of aromatic nitrogens is 2. The van der Waals surface area contributed by atoms with Gasteiger partial charge in [-0.1, -0.05) is 79.4 Å². The van der Waals surface area contributed by atoms with Crippen LogP contribution in [0.3, 0.4) is 0 Å². The summed E-state index contributed by atoms with van der Waals surface area (Å²) in [5.41, 5.74) is 7.95. The van der Waals surface area contributed by atoms with E-state index in [1.807, 2.05) is 53.1 Å². The predicted octanol–water partition coefficient (Wildman–Crippen LogP) is 11.1. The Morgan fingerprint density at radius 2 is 1.29 bits per heavy atom. The van der Waals surface area contributed by atoms with Gasteiger partial charge in [0, 0.05) is 47.3 Å². The van der Waals surface area contributed by atoms with Gasteiger partial charge in [0.15, 0.2) is 0 Å². The summed E-state index contributed by atoms with van der Waals surface area (Å²) in [5, 5.41) is 28.2. The number of fused-ring (bicyclic) bond motifs is 10. The topological polar surface area (TPSA) is 57.4 Å². The Kier molecular flexibility index (Phi) is 6.05. The zero-order valence-electron chi connectivity index (χ0n) is 25.9. The monoisotopic (exact) mass is 628 g/mol. The molecule has 4 nitrogen and oxygen atoms in total. The number of hydrogen-bond donors (Lipinski definition) is 0. The Labute approximate surface area is 280 Å². The highest BCUT2D eigenvalue weighted by atomic mass is 32.1. The molecule has 222 valence electrons. The third kappa shape index (κ3) is 3.76. The molecule has 0 aliphatic carbocycles. The Morgan fingerprint density at radius 3 is 2.00 bits per heavy atom. The van der Waals surface area contributed by atoms with E-state index >= 15 is 0 Å². The van der Waals surface area contributed by atoms with Gasteiger partial charge in [-0.05, 0) is 67.1 Å². The maximum absolute atomic E-state index is 10.7. The van der Waals surface area contributed by atoms with Crippen molar-refractivity contribution < 1.29 is 0 Å². The SMILES string of the molecule is C=C/C=C\c1c#cc2c(c1C)c1ccccc1n2-c1cc(C#N)c(-n2c3ccccc3c3c4c(ccc32)sc2ccccc24)cc1C#N. The smallest absolute Gasteiger partial charge is 0.106 e. The number of allylic oxidation sites excluding steroid dienone is 2. The number of rotatable bonds is 4. The van der Waals surface area contributed by atoms with E-state index < -0.39 is 0 Å². The molecule has 0 spiro atoms. The molecule has 9 rings (SSSR count). The molecule has 0 atom stereocenters. The van der Waals surface area contributed by atoms with Crippen molar-refractivity contribution in [3.8, 4) is 23.5 Å². The minimum atomic E-state index is 0.460. The van der Waals surface area contributed by atoms with Crippen molar-refractivity contribution in [3.63, 3.8) is 0 Å². The summed E-state index contributed by atoms with van der Waals surface area (Å²) < 4.78 is 6.65. The Hall–Kier alpha value is -6.58. The number of benzene rings is 5. The average molecular weight is 629 g/mol. The standard InChI is InChI=1S/C43H24N4S/c1-3-4-11-27-18-19-35-41(26(27)2)30-12-5-8-15-33(30)46(35)37-22-29(25-45)38(23-28(37)24-44)47-34-16-9-6-13-31(34)42-36(47)20-21-40-43(42)32-14-7-10-17-39(32)48-40/h3-17,20-23H,1H2,2H3/b11-4-. The molecule has 6 aromatic carbocycles. The lowest BCUT2D eigenvalue weighted by atomic mass is 10.0. The van der Waals surface area contributed by atoms with Crippen LogP contribution in [0, 0.1) is 41.7 Å². The highest BCUT2D eigenvalue weighted by molar-refractivity contribution is 7.26. The van der Waals surface area contributed by atoms with Gasteiger partial charge >= 0.3 is 0 Å².